The number of nitrogens with one attached hydrogen (secondary N) is 1. The number of benzene rings is 3. The fraction of sp³-hybridized carbons (Fsp3) is 0. The molecular formula is C18H11FN2OS. The number of thiazole rings is 1. The van der Waals surface area contributed by atoms with E-state index >= 15 is 0 Å². The normalized spacial score (nSPS) is 11.0. The van der Waals surface area contributed by atoms with Crippen LogP contribution in [0.15, 0.2) is 60.7 Å². The standard InChI is InChI=1S/C18H11FN2OS/c19-13-6-3-5-12(10-13)17(22)21-18-20-16-14-7-2-1-4-11(14)8-9-15(16)23-18/h1-10H,(H,20,21,22). The average molecular weight is 322 g/mol. The van der Waals surface area contributed by atoms with Gasteiger partial charge in [-0.2, -0.15) is 0 Å². The van der Waals surface area contributed by atoms with E-state index in [9.17, 15) is 9.18 Å². The van der Waals surface area contributed by atoms with Crippen LogP contribution in [-0.4, -0.2) is 10.9 Å². The fourth-order valence-corrected chi connectivity index (χ4v) is 3.39. The first-order valence-corrected chi connectivity index (χ1v) is 7.87. The van der Waals surface area contributed by atoms with Crippen LogP contribution in [0.25, 0.3) is 21.0 Å². The summed E-state index contributed by atoms with van der Waals surface area (Å²) in [6.45, 7) is 0. The van der Waals surface area contributed by atoms with Crippen LogP contribution in [0.3, 0.4) is 0 Å². The smallest absolute Gasteiger partial charge is 0.257 e. The van der Waals surface area contributed by atoms with E-state index in [0.717, 1.165) is 21.0 Å². The molecule has 0 aliphatic carbocycles. The summed E-state index contributed by atoms with van der Waals surface area (Å²) in [5, 5.41) is 5.40. The molecule has 0 saturated heterocycles. The minimum Gasteiger partial charge on any atom is -0.298 e. The molecule has 0 aliphatic heterocycles. The van der Waals surface area contributed by atoms with Crippen LogP contribution in [0.1, 0.15) is 10.4 Å². The van der Waals surface area contributed by atoms with E-state index in [0.29, 0.717) is 5.13 Å². The van der Waals surface area contributed by atoms with Gasteiger partial charge in [-0.25, -0.2) is 9.37 Å². The second-order valence-corrected chi connectivity index (χ2v) is 6.15. The van der Waals surface area contributed by atoms with Crippen LogP contribution in [0.2, 0.25) is 0 Å². The molecule has 0 radical (unpaired) electrons. The van der Waals surface area contributed by atoms with Crippen molar-refractivity contribution in [3.8, 4) is 0 Å². The summed E-state index contributed by atoms with van der Waals surface area (Å²) >= 11 is 1.40. The van der Waals surface area contributed by atoms with Crippen molar-refractivity contribution in [2.75, 3.05) is 5.32 Å². The molecule has 3 aromatic carbocycles. The Morgan fingerprint density at radius 1 is 1.04 bits per heavy atom. The largest absolute Gasteiger partial charge is 0.298 e. The molecule has 1 aromatic heterocycles. The van der Waals surface area contributed by atoms with E-state index in [1.54, 1.807) is 6.07 Å². The number of carbonyl (C=O) groups excluding carboxylic acids is 1. The molecule has 4 aromatic rings. The van der Waals surface area contributed by atoms with Crippen molar-refractivity contribution in [1.29, 1.82) is 0 Å². The Labute approximate surface area is 135 Å². The lowest BCUT2D eigenvalue weighted by Gasteiger charge is -2.01. The van der Waals surface area contributed by atoms with Crippen molar-refractivity contribution in [2.24, 2.45) is 0 Å². The van der Waals surface area contributed by atoms with Gasteiger partial charge in [-0.05, 0) is 29.7 Å². The topological polar surface area (TPSA) is 42.0 Å². The zero-order valence-corrected chi connectivity index (χ0v) is 12.7. The highest BCUT2D eigenvalue weighted by atomic mass is 32.1. The highest BCUT2D eigenvalue weighted by Crippen LogP contribution is 2.31. The zero-order valence-electron chi connectivity index (χ0n) is 11.9. The Morgan fingerprint density at radius 2 is 1.91 bits per heavy atom. The maximum Gasteiger partial charge on any atom is 0.257 e. The van der Waals surface area contributed by atoms with Crippen LogP contribution in [0.5, 0.6) is 0 Å². The van der Waals surface area contributed by atoms with E-state index < -0.39 is 5.82 Å². The molecule has 0 saturated carbocycles. The number of fused-ring (bicyclic) bond motifs is 3. The van der Waals surface area contributed by atoms with Crippen LogP contribution >= 0.6 is 11.3 Å². The van der Waals surface area contributed by atoms with Crippen molar-refractivity contribution in [2.45, 2.75) is 0 Å². The van der Waals surface area contributed by atoms with E-state index in [1.165, 1.54) is 29.5 Å². The summed E-state index contributed by atoms with van der Waals surface area (Å²) in [4.78, 5) is 16.7. The van der Waals surface area contributed by atoms with Crippen molar-refractivity contribution in [1.82, 2.24) is 4.98 Å². The molecule has 0 unspecified atom stereocenters. The Balaban J connectivity index is 1.72. The second kappa shape index (κ2) is 5.44. The highest BCUT2D eigenvalue weighted by molar-refractivity contribution is 7.22. The van der Waals surface area contributed by atoms with E-state index in [4.69, 9.17) is 0 Å². The summed E-state index contributed by atoms with van der Waals surface area (Å²) in [5.74, 6) is -0.805. The van der Waals surface area contributed by atoms with Gasteiger partial charge >= 0.3 is 0 Å². The van der Waals surface area contributed by atoms with Crippen LogP contribution in [0.4, 0.5) is 9.52 Å². The number of rotatable bonds is 2. The SMILES string of the molecule is O=C(Nc1nc2c(ccc3ccccc32)s1)c1cccc(F)c1. The molecule has 0 bridgehead atoms. The van der Waals surface area contributed by atoms with Gasteiger partial charge in [0.15, 0.2) is 5.13 Å². The summed E-state index contributed by atoms with van der Waals surface area (Å²) in [7, 11) is 0. The lowest BCUT2D eigenvalue weighted by atomic mass is 10.1. The van der Waals surface area contributed by atoms with E-state index in [1.807, 2.05) is 36.4 Å². The van der Waals surface area contributed by atoms with Crippen molar-refractivity contribution >= 4 is 43.4 Å². The van der Waals surface area contributed by atoms with Gasteiger partial charge in [-0.3, -0.25) is 10.1 Å². The van der Waals surface area contributed by atoms with E-state index in [2.05, 4.69) is 10.3 Å². The first-order chi connectivity index (χ1) is 11.2. The number of aromatic nitrogens is 1. The third-order valence-electron chi connectivity index (χ3n) is 3.59. The Morgan fingerprint density at radius 3 is 2.78 bits per heavy atom. The van der Waals surface area contributed by atoms with Gasteiger partial charge in [0, 0.05) is 10.9 Å². The molecule has 112 valence electrons. The number of anilines is 1. The first kappa shape index (κ1) is 13.8. The molecule has 3 nitrogen and oxygen atoms in total. The van der Waals surface area contributed by atoms with Gasteiger partial charge in [-0.1, -0.05) is 47.7 Å². The minimum absolute atomic E-state index is 0.272. The molecule has 1 N–H and O–H groups in total. The molecule has 1 amide bonds. The molecule has 0 fully saturated rings. The van der Waals surface area contributed by atoms with Gasteiger partial charge < -0.3 is 0 Å². The highest BCUT2D eigenvalue weighted by Gasteiger charge is 2.12. The van der Waals surface area contributed by atoms with Gasteiger partial charge in [0.05, 0.1) is 10.2 Å². The van der Waals surface area contributed by atoms with Crippen molar-refractivity contribution < 1.29 is 9.18 Å². The summed E-state index contributed by atoms with van der Waals surface area (Å²) in [5.41, 5.74) is 1.14. The third-order valence-corrected chi connectivity index (χ3v) is 4.53. The molecule has 4 rings (SSSR count). The number of halogens is 1. The van der Waals surface area contributed by atoms with Crippen LogP contribution in [-0.2, 0) is 0 Å². The average Bonchev–Trinajstić information content (AvgIpc) is 2.97. The summed E-state index contributed by atoms with van der Waals surface area (Å²) in [6, 6.07) is 17.6. The molecule has 0 spiro atoms. The first-order valence-electron chi connectivity index (χ1n) is 7.06. The Bertz CT molecular complexity index is 1040. The van der Waals surface area contributed by atoms with Crippen molar-refractivity contribution in [3.05, 3.63) is 72.0 Å². The van der Waals surface area contributed by atoms with Gasteiger partial charge in [-0.15, -0.1) is 0 Å². The molecule has 1 heterocycles. The number of amides is 1. The second-order valence-electron chi connectivity index (χ2n) is 5.12. The number of carbonyl (C=O) groups is 1. The van der Waals surface area contributed by atoms with Gasteiger partial charge in [0.25, 0.3) is 5.91 Å². The molecule has 0 atom stereocenters. The Hall–Kier alpha value is -2.79. The Kier molecular flexibility index (Phi) is 3.28. The number of nitrogens with zero attached hydrogens (tertiary/aromatic N) is 1. The van der Waals surface area contributed by atoms with Gasteiger partial charge in [0.1, 0.15) is 5.82 Å². The zero-order chi connectivity index (χ0) is 15.8. The predicted octanol–water partition coefficient (Wildman–Crippen LogP) is 4.84. The lowest BCUT2D eigenvalue weighted by molar-refractivity contribution is 0.102. The number of hydrogen-bond donors (Lipinski definition) is 1. The summed E-state index contributed by atoms with van der Waals surface area (Å²) < 4.78 is 14.2. The molecular weight excluding hydrogens is 311 g/mol. The quantitative estimate of drug-likeness (QED) is 0.574. The van der Waals surface area contributed by atoms with Crippen LogP contribution in [0, 0.1) is 5.82 Å². The third kappa shape index (κ3) is 2.55. The fourth-order valence-electron chi connectivity index (χ4n) is 2.51. The molecule has 5 heteroatoms. The summed E-state index contributed by atoms with van der Waals surface area (Å²) in [6.07, 6.45) is 0. The van der Waals surface area contributed by atoms with Gasteiger partial charge in [0.2, 0.25) is 0 Å². The lowest BCUT2D eigenvalue weighted by Crippen LogP contribution is -2.11. The maximum atomic E-state index is 13.2. The monoisotopic (exact) mass is 322 g/mol. The number of hydrogen-bond acceptors (Lipinski definition) is 3. The minimum atomic E-state index is -0.437. The maximum absolute atomic E-state index is 13.2. The van der Waals surface area contributed by atoms with Crippen molar-refractivity contribution in [3.63, 3.8) is 0 Å². The molecule has 23 heavy (non-hydrogen) atoms. The molecule has 0 aliphatic rings. The predicted molar refractivity (Wildman–Crippen MR) is 91.5 cm³/mol. The van der Waals surface area contributed by atoms with E-state index in [-0.39, 0.29) is 11.5 Å². The van der Waals surface area contributed by atoms with Crippen LogP contribution < -0.4 is 5.32 Å².